The Labute approximate surface area is 122 Å². The summed E-state index contributed by atoms with van der Waals surface area (Å²) in [6.07, 6.45) is 4.01. The number of carbonyl (C=O) groups excluding carboxylic acids is 1. The lowest BCUT2D eigenvalue weighted by Crippen LogP contribution is -2.29. The number of halogens is 1. The molecule has 100 valence electrons. The zero-order valence-corrected chi connectivity index (χ0v) is 11.8. The highest BCUT2D eigenvalue weighted by Gasteiger charge is 2.18. The van der Waals surface area contributed by atoms with Gasteiger partial charge in [0.2, 0.25) is 5.91 Å². The molecule has 3 nitrogen and oxygen atoms in total. The van der Waals surface area contributed by atoms with Crippen LogP contribution in [0.5, 0.6) is 0 Å². The molecule has 2 heterocycles. The van der Waals surface area contributed by atoms with Gasteiger partial charge in [0.15, 0.2) is 0 Å². The van der Waals surface area contributed by atoms with Crippen LogP contribution >= 0.6 is 11.6 Å². The highest BCUT2D eigenvalue weighted by Crippen LogP contribution is 2.28. The van der Waals surface area contributed by atoms with Crippen LogP contribution in [0.4, 0.5) is 5.69 Å². The van der Waals surface area contributed by atoms with Gasteiger partial charge >= 0.3 is 0 Å². The second-order valence-corrected chi connectivity index (χ2v) is 5.05. The number of amides is 1. The summed E-state index contributed by atoms with van der Waals surface area (Å²) in [5.41, 5.74) is 3.69. The van der Waals surface area contributed by atoms with Crippen molar-refractivity contribution in [2.75, 3.05) is 4.90 Å². The minimum Gasteiger partial charge on any atom is -0.306 e. The molecule has 3 rings (SSSR count). The van der Waals surface area contributed by atoms with Crippen LogP contribution in [0.3, 0.4) is 0 Å². The van der Waals surface area contributed by atoms with E-state index in [9.17, 15) is 4.79 Å². The number of hydrogen-bond donors (Lipinski definition) is 0. The first kappa shape index (κ1) is 12.9. The molecule has 1 aliphatic rings. The summed E-state index contributed by atoms with van der Waals surface area (Å²) in [5, 5.41) is 0.439. The molecule has 1 aliphatic heterocycles. The lowest BCUT2D eigenvalue weighted by molar-refractivity contribution is -0.116. The summed E-state index contributed by atoms with van der Waals surface area (Å²) in [7, 11) is 0. The number of nitrogens with zero attached hydrogens (tertiary/aromatic N) is 2. The van der Waals surface area contributed by atoms with E-state index >= 15 is 0 Å². The van der Waals surface area contributed by atoms with E-state index in [4.69, 9.17) is 11.6 Å². The molecule has 0 aliphatic carbocycles. The van der Waals surface area contributed by atoms with Crippen LogP contribution < -0.4 is 4.90 Å². The maximum absolute atomic E-state index is 12.0. The third-order valence-electron chi connectivity index (χ3n) is 3.33. The highest BCUT2D eigenvalue weighted by atomic mass is 35.5. The Morgan fingerprint density at radius 2 is 1.90 bits per heavy atom. The molecule has 1 aromatic heterocycles. The third kappa shape index (κ3) is 2.32. The van der Waals surface area contributed by atoms with Crippen LogP contribution in [0, 0.1) is 0 Å². The van der Waals surface area contributed by atoms with Gasteiger partial charge in [0.1, 0.15) is 5.15 Å². The van der Waals surface area contributed by atoms with Crippen molar-refractivity contribution in [3.63, 3.8) is 0 Å². The highest BCUT2D eigenvalue weighted by molar-refractivity contribution is 6.29. The number of rotatable bonds is 0. The van der Waals surface area contributed by atoms with Gasteiger partial charge in [0, 0.05) is 6.92 Å². The number of hydrogen-bond acceptors (Lipinski definition) is 2. The minimum atomic E-state index is -0.0134. The van der Waals surface area contributed by atoms with Crippen molar-refractivity contribution in [1.82, 2.24) is 4.98 Å². The van der Waals surface area contributed by atoms with Gasteiger partial charge in [-0.15, -0.1) is 0 Å². The monoisotopic (exact) mass is 284 g/mol. The number of pyridine rings is 1. The van der Waals surface area contributed by atoms with Crippen LogP contribution in [0.15, 0.2) is 36.4 Å². The van der Waals surface area contributed by atoms with Crippen molar-refractivity contribution < 1.29 is 4.79 Å². The minimum absolute atomic E-state index is 0.0134. The number of benzene rings is 1. The fraction of sp³-hybridized carbons (Fsp3) is 0.125. The number of para-hydroxylation sites is 1. The largest absolute Gasteiger partial charge is 0.306 e. The van der Waals surface area contributed by atoms with E-state index in [-0.39, 0.29) is 5.91 Å². The number of carbonyl (C=O) groups is 1. The molecule has 4 heteroatoms. The van der Waals surface area contributed by atoms with Gasteiger partial charge in [-0.25, -0.2) is 4.98 Å². The molecular weight excluding hydrogens is 272 g/mol. The predicted molar refractivity (Wildman–Crippen MR) is 81.5 cm³/mol. The zero-order chi connectivity index (χ0) is 14.1. The summed E-state index contributed by atoms with van der Waals surface area (Å²) >= 11 is 5.96. The maximum atomic E-state index is 12.0. The van der Waals surface area contributed by atoms with E-state index in [1.807, 2.05) is 42.5 Å². The van der Waals surface area contributed by atoms with Crippen LogP contribution in [0.1, 0.15) is 23.7 Å². The predicted octanol–water partition coefficient (Wildman–Crippen LogP) is 3.77. The fourth-order valence-corrected chi connectivity index (χ4v) is 2.50. The van der Waals surface area contributed by atoms with Gasteiger partial charge in [-0.2, -0.15) is 0 Å². The summed E-state index contributed by atoms with van der Waals surface area (Å²) in [5.74, 6) is -0.0134. The molecule has 1 aromatic carbocycles. The Balaban J connectivity index is 2.19. The molecule has 0 bridgehead atoms. The Bertz CT molecular complexity index is 709. The Morgan fingerprint density at radius 1 is 1.15 bits per heavy atom. The molecule has 0 saturated carbocycles. The average molecular weight is 285 g/mol. The molecule has 0 unspecified atom stereocenters. The smallest absolute Gasteiger partial charge is 0.224 e. The maximum Gasteiger partial charge on any atom is 0.224 e. The summed E-state index contributed by atoms with van der Waals surface area (Å²) in [6.45, 7) is 1.99. The molecule has 0 spiro atoms. The van der Waals surface area contributed by atoms with Gasteiger partial charge in [-0.3, -0.25) is 4.79 Å². The molecular formula is C16H13ClN2O. The molecule has 0 N–H and O–H groups in total. The fourth-order valence-electron chi connectivity index (χ4n) is 2.33. The quantitative estimate of drug-likeness (QED) is 0.690. The molecule has 2 aromatic rings. The van der Waals surface area contributed by atoms with Crippen molar-refractivity contribution in [2.45, 2.75) is 13.5 Å². The lowest BCUT2D eigenvalue weighted by Gasteiger charge is -2.25. The average Bonchev–Trinajstić information content (AvgIpc) is 2.41. The zero-order valence-electron chi connectivity index (χ0n) is 11.0. The van der Waals surface area contributed by atoms with Crippen molar-refractivity contribution in [1.29, 1.82) is 0 Å². The molecule has 0 fully saturated rings. The van der Waals surface area contributed by atoms with E-state index in [2.05, 4.69) is 4.98 Å². The SMILES string of the molecule is CC(=O)N1Cc2nc(Cl)ccc2/C=C\c2ccccc21. The first-order valence-electron chi connectivity index (χ1n) is 6.36. The van der Waals surface area contributed by atoms with Crippen LogP contribution in [0.25, 0.3) is 12.2 Å². The summed E-state index contributed by atoms with van der Waals surface area (Å²) in [4.78, 5) is 18.0. The Hall–Kier alpha value is -2.13. The van der Waals surface area contributed by atoms with Crippen LogP contribution in [0.2, 0.25) is 5.15 Å². The molecule has 0 atom stereocenters. The Kier molecular flexibility index (Phi) is 3.28. The summed E-state index contributed by atoms with van der Waals surface area (Å²) in [6, 6.07) is 11.5. The van der Waals surface area contributed by atoms with Gasteiger partial charge < -0.3 is 4.90 Å². The normalized spacial score (nSPS) is 14.8. The van der Waals surface area contributed by atoms with Gasteiger partial charge in [0.25, 0.3) is 0 Å². The number of aromatic nitrogens is 1. The van der Waals surface area contributed by atoms with Gasteiger partial charge in [-0.05, 0) is 23.3 Å². The molecule has 0 saturated heterocycles. The second kappa shape index (κ2) is 5.10. The van der Waals surface area contributed by atoms with E-state index in [1.54, 1.807) is 17.9 Å². The Morgan fingerprint density at radius 3 is 2.70 bits per heavy atom. The van der Waals surface area contributed by atoms with Gasteiger partial charge in [-0.1, -0.05) is 48.0 Å². The van der Waals surface area contributed by atoms with E-state index in [0.717, 1.165) is 22.5 Å². The van der Waals surface area contributed by atoms with E-state index < -0.39 is 0 Å². The first-order valence-corrected chi connectivity index (χ1v) is 6.73. The van der Waals surface area contributed by atoms with Crippen molar-refractivity contribution in [3.8, 4) is 0 Å². The van der Waals surface area contributed by atoms with Crippen LogP contribution in [-0.2, 0) is 11.3 Å². The topological polar surface area (TPSA) is 33.2 Å². The summed E-state index contributed by atoms with van der Waals surface area (Å²) < 4.78 is 0. The number of anilines is 1. The van der Waals surface area contributed by atoms with Crippen molar-refractivity contribution in [2.24, 2.45) is 0 Å². The molecule has 1 amide bonds. The third-order valence-corrected chi connectivity index (χ3v) is 3.54. The first-order chi connectivity index (χ1) is 9.65. The van der Waals surface area contributed by atoms with E-state index in [0.29, 0.717) is 11.7 Å². The van der Waals surface area contributed by atoms with Crippen LogP contribution in [-0.4, -0.2) is 10.9 Å². The van der Waals surface area contributed by atoms with Crippen molar-refractivity contribution >= 4 is 35.3 Å². The lowest BCUT2D eigenvalue weighted by atomic mass is 10.0. The van der Waals surface area contributed by atoms with E-state index in [1.165, 1.54) is 0 Å². The van der Waals surface area contributed by atoms with Gasteiger partial charge in [0.05, 0.1) is 17.9 Å². The molecule has 20 heavy (non-hydrogen) atoms. The standard InChI is InChI=1S/C16H13ClN2O/c1-11(20)19-10-14-12(8-9-16(17)18-14)6-7-13-4-2-3-5-15(13)19/h2-9H,10H2,1H3/b7-6-. The molecule has 0 radical (unpaired) electrons. The van der Waals surface area contributed by atoms with Crippen molar-refractivity contribution in [3.05, 3.63) is 58.4 Å². The number of fused-ring (bicyclic) bond motifs is 2. The second-order valence-electron chi connectivity index (χ2n) is 4.67.